The third-order valence-corrected chi connectivity index (χ3v) is 9.68. The van der Waals surface area contributed by atoms with Gasteiger partial charge in [0.15, 0.2) is 0 Å². The summed E-state index contributed by atoms with van der Waals surface area (Å²) in [5, 5.41) is 0. The van der Waals surface area contributed by atoms with Gasteiger partial charge in [-0.25, -0.2) is 0 Å². The average Bonchev–Trinajstić information content (AvgIpc) is 2.16. The molecule has 0 radical (unpaired) electrons. The molecule has 0 aromatic carbocycles. The van der Waals surface area contributed by atoms with Gasteiger partial charge < -0.3 is 0 Å². The molecule has 86 valence electrons. The van der Waals surface area contributed by atoms with Gasteiger partial charge in [-0.2, -0.15) is 0 Å². The molecule has 0 spiro atoms. The van der Waals surface area contributed by atoms with Crippen molar-refractivity contribution in [2.75, 3.05) is 19.8 Å². The standard InChI is InChI=1S/C4H9.3C2H5O.Zr/c1-3-4-2;3*1-2-3;/h1,3-4H2,2H3;3*2H2,1H3;/q;3*-1;+3. The second kappa shape index (κ2) is 9.02. The summed E-state index contributed by atoms with van der Waals surface area (Å²) in [7, 11) is 0. The molecule has 0 aromatic heterocycles. The summed E-state index contributed by atoms with van der Waals surface area (Å²) >= 11 is -3.09. The molecule has 3 nitrogen and oxygen atoms in total. The fourth-order valence-electron chi connectivity index (χ4n) is 1.39. The van der Waals surface area contributed by atoms with E-state index in [9.17, 15) is 0 Å². The monoisotopic (exact) mass is 282 g/mol. The summed E-state index contributed by atoms with van der Waals surface area (Å²) in [6.07, 6.45) is 2.32. The summed E-state index contributed by atoms with van der Waals surface area (Å²) in [4.78, 5) is 0. The van der Waals surface area contributed by atoms with Gasteiger partial charge in [0, 0.05) is 0 Å². The first-order chi connectivity index (χ1) is 6.74. The molecular formula is C10H24O3Zr. The fourth-order valence-corrected chi connectivity index (χ4v) is 8.25. The molecule has 0 amide bonds. The summed E-state index contributed by atoms with van der Waals surface area (Å²) in [5.41, 5.74) is 0. The molecule has 14 heavy (non-hydrogen) atoms. The molecule has 0 aliphatic rings. The number of hydrogen-bond donors (Lipinski definition) is 0. The molecule has 0 rings (SSSR count). The van der Waals surface area contributed by atoms with Crippen molar-refractivity contribution in [2.24, 2.45) is 0 Å². The third-order valence-electron chi connectivity index (χ3n) is 1.93. The van der Waals surface area contributed by atoms with Gasteiger partial charge in [-0.1, -0.05) is 0 Å². The van der Waals surface area contributed by atoms with Crippen LogP contribution in [0.15, 0.2) is 0 Å². The predicted octanol–water partition coefficient (Wildman–Crippen LogP) is 3.21. The first-order valence-electron chi connectivity index (χ1n) is 5.66. The van der Waals surface area contributed by atoms with Crippen LogP contribution >= 0.6 is 0 Å². The quantitative estimate of drug-likeness (QED) is 0.650. The van der Waals surface area contributed by atoms with Gasteiger partial charge >= 0.3 is 94.5 Å². The summed E-state index contributed by atoms with van der Waals surface area (Å²) < 4.78 is 18.3. The van der Waals surface area contributed by atoms with Crippen molar-refractivity contribution in [3.8, 4) is 0 Å². The Morgan fingerprint density at radius 1 is 0.786 bits per heavy atom. The zero-order valence-corrected chi connectivity index (χ0v) is 12.4. The molecular weight excluding hydrogens is 259 g/mol. The van der Waals surface area contributed by atoms with Crippen LogP contribution in [-0.4, -0.2) is 19.8 Å². The van der Waals surface area contributed by atoms with Gasteiger partial charge in [-0.3, -0.25) is 0 Å². The predicted molar refractivity (Wildman–Crippen MR) is 54.6 cm³/mol. The Bertz CT molecular complexity index is 114. The summed E-state index contributed by atoms with van der Waals surface area (Å²) in [6.45, 7) is 10.3. The van der Waals surface area contributed by atoms with Crippen LogP contribution in [0.5, 0.6) is 0 Å². The van der Waals surface area contributed by atoms with Crippen LogP contribution in [0, 0.1) is 0 Å². The van der Waals surface area contributed by atoms with Crippen molar-refractivity contribution in [3.05, 3.63) is 0 Å². The van der Waals surface area contributed by atoms with E-state index in [0.29, 0.717) is 19.8 Å². The van der Waals surface area contributed by atoms with E-state index in [0.717, 1.165) is 10.5 Å². The SMILES string of the molecule is CCC[CH2][Zr]([O]CC)([O]CC)[O]CC. The Hall–Kier alpha value is 0.763. The number of unbranched alkanes of at least 4 members (excludes halogenated alkanes) is 1. The van der Waals surface area contributed by atoms with Crippen molar-refractivity contribution in [1.82, 2.24) is 0 Å². The minimum atomic E-state index is -3.09. The summed E-state index contributed by atoms with van der Waals surface area (Å²) in [6, 6.07) is 0. The molecule has 0 aliphatic heterocycles. The van der Waals surface area contributed by atoms with Crippen LogP contribution in [-0.2, 0) is 30.0 Å². The van der Waals surface area contributed by atoms with Crippen molar-refractivity contribution in [1.29, 1.82) is 0 Å². The van der Waals surface area contributed by atoms with Gasteiger partial charge in [-0.15, -0.1) is 0 Å². The van der Waals surface area contributed by atoms with Crippen LogP contribution in [0.2, 0.25) is 4.13 Å². The Balaban J connectivity index is 4.21. The molecule has 0 N–H and O–H groups in total. The topological polar surface area (TPSA) is 27.7 Å². The molecule has 0 bridgehead atoms. The number of rotatable bonds is 9. The molecule has 0 fully saturated rings. The molecule has 0 aromatic rings. The fraction of sp³-hybridized carbons (Fsp3) is 1.00. The molecule has 4 heteroatoms. The first kappa shape index (κ1) is 14.8. The van der Waals surface area contributed by atoms with Gasteiger partial charge in [0.25, 0.3) is 0 Å². The maximum atomic E-state index is 5.78. The molecule has 0 aliphatic carbocycles. The van der Waals surface area contributed by atoms with Crippen LogP contribution in [0.1, 0.15) is 40.5 Å². The van der Waals surface area contributed by atoms with Crippen molar-refractivity contribution in [2.45, 2.75) is 44.7 Å². The summed E-state index contributed by atoms with van der Waals surface area (Å²) in [5.74, 6) is 0. The first-order valence-corrected chi connectivity index (χ1v) is 10.4. The second-order valence-electron chi connectivity index (χ2n) is 3.09. The van der Waals surface area contributed by atoms with Gasteiger partial charge in [0.2, 0.25) is 0 Å². The molecule has 0 atom stereocenters. The van der Waals surface area contributed by atoms with Crippen molar-refractivity contribution >= 4 is 0 Å². The molecule has 0 heterocycles. The van der Waals surface area contributed by atoms with Crippen LogP contribution in [0.4, 0.5) is 0 Å². The second-order valence-corrected chi connectivity index (χ2v) is 9.80. The number of hydrogen-bond acceptors (Lipinski definition) is 3. The average molecular weight is 284 g/mol. The van der Waals surface area contributed by atoms with Gasteiger partial charge in [0.1, 0.15) is 0 Å². The minimum absolute atomic E-state index is 0.708. The third kappa shape index (κ3) is 5.60. The van der Waals surface area contributed by atoms with Gasteiger partial charge in [0.05, 0.1) is 0 Å². The van der Waals surface area contributed by atoms with E-state index in [1.807, 2.05) is 20.8 Å². The van der Waals surface area contributed by atoms with E-state index in [2.05, 4.69) is 6.92 Å². The van der Waals surface area contributed by atoms with E-state index in [1.54, 1.807) is 0 Å². The maximum absolute atomic E-state index is 5.78. The Morgan fingerprint density at radius 2 is 1.21 bits per heavy atom. The Morgan fingerprint density at radius 3 is 1.50 bits per heavy atom. The molecule has 0 saturated heterocycles. The van der Waals surface area contributed by atoms with Crippen LogP contribution in [0.25, 0.3) is 0 Å². The van der Waals surface area contributed by atoms with Crippen molar-refractivity contribution < 1.29 is 30.0 Å². The normalized spacial score (nSPS) is 12.0. The Kier molecular flexibility index (Phi) is 9.51. The molecule has 0 unspecified atom stereocenters. The van der Waals surface area contributed by atoms with E-state index in [1.165, 1.54) is 6.42 Å². The van der Waals surface area contributed by atoms with E-state index in [4.69, 9.17) is 8.44 Å². The molecule has 0 saturated carbocycles. The van der Waals surface area contributed by atoms with E-state index < -0.39 is 21.6 Å². The zero-order chi connectivity index (χ0) is 10.9. The zero-order valence-electron chi connectivity index (χ0n) is 9.97. The van der Waals surface area contributed by atoms with Gasteiger partial charge in [-0.05, 0) is 0 Å². The van der Waals surface area contributed by atoms with E-state index in [-0.39, 0.29) is 0 Å². The van der Waals surface area contributed by atoms with Crippen LogP contribution in [0.3, 0.4) is 0 Å². The Labute approximate surface area is 94.4 Å². The van der Waals surface area contributed by atoms with E-state index >= 15 is 0 Å². The van der Waals surface area contributed by atoms with Crippen LogP contribution < -0.4 is 0 Å². The van der Waals surface area contributed by atoms with Crippen molar-refractivity contribution in [3.63, 3.8) is 0 Å².